The monoisotopic (exact) mass is 183 g/mol. The molecular weight excluding hydrogens is 172 g/mol. The van der Waals surface area contributed by atoms with Gasteiger partial charge in [-0.3, -0.25) is 0 Å². The number of benzene rings is 1. The van der Waals surface area contributed by atoms with Crippen LogP contribution < -0.4 is 5.73 Å². The smallest absolute Gasteiger partial charge is 0.263 e. The molecule has 0 aliphatic heterocycles. The number of hydrogen-bond acceptors (Lipinski definition) is 1. The van der Waals surface area contributed by atoms with Gasteiger partial charge in [0.25, 0.3) is 6.43 Å². The van der Waals surface area contributed by atoms with Crippen molar-refractivity contribution in [3.05, 3.63) is 34.9 Å². The third kappa shape index (κ3) is 1.56. The summed E-state index contributed by atoms with van der Waals surface area (Å²) in [5.41, 5.74) is 7.94. The summed E-state index contributed by atoms with van der Waals surface area (Å²) in [5, 5.41) is 0. The molecular formula is C10H11F2N. The van der Waals surface area contributed by atoms with Crippen LogP contribution in [0.25, 0.3) is 0 Å². The predicted octanol–water partition coefficient (Wildman–Crippen LogP) is 2.05. The van der Waals surface area contributed by atoms with Gasteiger partial charge in [-0.15, -0.1) is 0 Å². The van der Waals surface area contributed by atoms with Crippen molar-refractivity contribution in [1.82, 2.24) is 0 Å². The van der Waals surface area contributed by atoms with Crippen LogP contribution in [-0.2, 0) is 12.8 Å². The van der Waals surface area contributed by atoms with Crippen molar-refractivity contribution in [1.29, 1.82) is 0 Å². The average molecular weight is 183 g/mol. The van der Waals surface area contributed by atoms with Gasteiger partial charge in [0.2, 0.25) is 0 Å². The highest BCUT2D eigenvalue weighted by Crippen LogP contribution is 2.26. The zero-order chi connectivity index (χ0) is 9.42. The molecule has 0 heterocycles. The summed E-state index contributed by atoms with van der Waals surface area (Å²) in [4.78, 5) is 0. The maximum absolute atomic E-state index is 12.3. The highest BCUT2D eigenvalue weighted by Gasteiger charge is 2.19. The van der Waals surface area contributed by atoms with Gasteiger partial charge in [-0.05, 0) is 30.0 Å². The number of alkyl halides is 2. The molecule has 0 amide bonds. The molecule has 1 unspecified atom stereocenters. The number of fused-ring (bicyclic) bond motifs is 1. The summed E-state index contributed by atoms with van der Waals surface area (Å²) in [6.07, 6.45) is -0.823. The van der Waals surface area contributed by atoms with Crippen molar-refractivity contribution in [2.24, 2.45) is 5.73 Å². The van der Waals surface area contributed by atoms with Gasteiger partial charge in [0, 0.05) is 11.6 Å². The Morgan fingerprint density at radius 3 is 2.62 bits per heavy atom. The molecule has 2 N–H and O–H groups in total. The van der Waals surface area contributed by atoms with Gasteiger partial charge in [0.05, 0.1) is 0 Å². The molecule has 13 heavy (non-hydrogen) atoms. The Bertz CT molecular complexity index is 323. The second-order valence-corrected chi connectivity index (χ2v) is 3.50. The minimum absolute atomic E-state index is 0.104. The molecule has 0 radical (unpaired) electrons. The molecule has 0 fully saturated rings. The maximum atomic E-state index is 12.3. The van der Waals surface area contributed by atoms with Gasteiger partial charge < -0.3 is 5.73 Å². The van der Waals surface area contributed by atoms with Crippen LogP contribution in [0.5, 0.6) is 0 Å². The van der Waals surface area contributed by atoms with E-state index in [1.54, 1.807) is 12.1 Å². The molecule has 0 saturated carbocycles. The van der Waals surface area contributed by atoms with Gasteiger partial charge in [-0.2, -0.15) is 0 Å². The van der Waals surface area contributed by atoms with E-state index in [0.29, 0.717) is 0 Å². The summed E-state index contributed by atoms with van der Waals surface area (Å²) in [6.45, 7) is 0. The molecule has 1 nitrogen and oxygen atoms in total. The van der Waals surface area contributed by atoms with E-state index in [4.69, 9.17) is 5.73 Å². The first kappa shape index (κ1) is 8.63. The molecule has 0 bridgehead atoms. The minimum Gasteiger partial charge on any atom is -0.327 e. The van der Waals surface area contributed by atoms with E-state index in [-0.39, 0.29) is 11.6 Å². The van der Waals surface area contributed by atoms with Crippen LogP contribution in [-0.4, -0.2) is 6.04 Å². The molecule has 3 heteroatoms. The van der Waals surface area contributed by atoms with Crippen molar-refractivity contribution >= 4 is 0 Å². The number of hydrogen-bond donors (Lipinski definition) is 1. The lowest BCUT2D eigenvalue weighted by Gasteiger charge is -2.02. The zero-order valence-corrected chi connectivity index (χ0v) is 7.13. The third-order valence-electron chi connectivity index (χ3n) is 2.45. The summed E-state index contributed by atoms with van der Waals surface area (Å²) < 4.78 is 24.6. The molecule has 70 valence electrons. The Labute approximate surface area is 75.6 Å². The van der Waals surface area contributed by atoms with E-state index >= 15 is 0 Å². The highest BCUT2D eigenvalue weighted by molar-refractivity contribution is 5.37. The van der Waals surface area contributed by atoms with Crippen LogP contribution in [0.1, 0.15) is 23.1 Å². The van der Waals surface area contributed by atoms with Crippen molar-refractivity contribution in [2.45, 2.75) is 25.3 Å². The lowest BCUT2D eigenvalue weighted by molar-refractivity contribution is 0.151. The molecule has 1 aromatic carbocycles. The van der Waals surface area contributed by atoms with E-state index < -0.39 is 6.43 Å². The topological polar surface area (TPSA) is 26.0 Å². The van der Waals surface area contributed by atoms with E-state index in [1.807, 2.05) is 0 Å². The SMILES string of the molecule is NC1Cc2ccc(C(F)F)cc2C1. The quantitative estimate of drug-likeness (QED) is 0.708. The van der Waals surface area contributed by atoms with E-state index in [1.165, 1.54) is 6.07 Å². The number of nitrogens with two attached hydrogens (primary N) is 1. The highest BCUT2D eigenvalue weighted by atomic mass is 19.3. The third-order valence-corrected chi connectivity index (χ3v) is 2.45. The molecule has 1 aliphatic carbocycles. The van der Waals surface area contributed by atoms with Crippen LogP contribution in [0, 0.1) is 0 Å². The zero-order valence-electron chi connectivity index (χ0n) is 7.13. The number of halogens is 2. The average Bonchev–Trinajstić information content (AvgIpc) is 2.42. The van der Waals surface area contributed by atoms with Crippen LogP contribution in [0.15, 0.2) is 18.2 Å². The van der Waals surface area contributed by atoms with Crippen molar-refractivity contribution < 1.29 is 8.78 Å². The molecule has 2 rings (SSSR count). The summed E-state index contributed by atoms with van der Waals surface area (Å²) in [5.74, 6) is 0. The van der Waals surface area contributed by atoms with E-state index in [0.717, 1.165) is 24.0 Å². The van der Waals surface area contributed by atoms with Crippen molar-refractivity contribution in [3.63, 3.8) is 0 Å². The Hall–Kier alpha value is -0.960. The standard InChI is InChI=1S/C10H11F2N/c11-10(12)7-2-1-6-4-9(13)5-8(6)3-7/h1-3,9-10H,4-5,13H2. The first-order chi connectivity index (χ1) is 6.16. The first-order valence-corrected chi connectivity index (χ1v) is 4.32. The fourth-order valence-corrected chi connectivity index (χ4v) is 1.81. The Morgan fingerprint density at radius 1 is 1.23 bits per heavy atom. The summed E-state index contributed by atoms with van der Waals surface area (Å²) in [7, 11) is 0. The van der Waals surface area contributed by atoms with Gasteiger partial charge in [-0.25, -0.2) is 8.78 Å². The van der Waals surface area contributed by atoms with E-state index in [9.17, 15) is 8.78 Å². The number of rotatable bonds is 1. The van der Waals surface area contributed by atoms with E-state index in [2.05, 4.69) is 0 Å². The van der Waals surface area contributed by atoms with Crippen LogP contribution >= 0.6 is 0 Å². The predicted molar refractivity (Wildman–Crippen MR) is 46.8 cm³/mol. The molecule has 1 aliphatic rings. The summed E-state index contributed by atoms with van der Waals surface area (Å²) >= 11 is 0. The van der Waals surface area contributed by atoms with Gasteiger partial charge in [0.15, 0.2) is 0 Å². The lowest BCUT2D eigenvalue weighted by atomic mass is 10.1. The Balaban J connectivity index is 2.35. The largest absolute Gasteiger partial charge is 0.327 e. The lowest BCUT2D eigenvalue weighted by Crippen LogP contribution is -2.18. The Kier molecular flexibility index (Phi) is 2.04. The van der Waals surface area contributed by atoms with Crippen LogP contribution in [0.3, 0.4) is 0 Å². The molecule has 0 spiro atoms. The van der Waals surface area contributed by atoms with Gasteiger partial charge in [-0.1, -0.05) is 12.1 Å². The van der Waals surface area contributed by atoms with Gasteiger partial charge >= 0.3 is 0 Å². The normalized spacial score (nSPS) is 20.8. The Morgan fingerprint density at radius 2 is 1.92 bits per heavy atom. The minimum atomic E-state index is -2.37. The fraction of sp³-hybridized carbons (Fsp3) is 0.400. The first-order valence-electron chi connectivity index (χ1n) is 4.32. The second kappa shape index (κ2) is 3.07. The fourth-order valence-electron chi connectivity index (χ4n) is 1.81. The molecule has 0 saturated heterocycles. The van der Waals surface area contributed by atoms with Crippen molar-refractivity contribution in [3.8, 4) is 0 Å². The summed E-state index contributed by atoms with van der Waals surface area (Å²) in [6, 6.07) is 4.95. The van der Waals surface area contributed by atoms with Crippen LogP contribution in [0.4, 0.5) is 8.78 Å². The van der Waals surface area contributed by atoms with Gasteiger partial charge in [0.1, 0.15) is 0 Å². The molecule has 1 aromatic rings. The molecule has 0 aromatic heterocycles. The second-order valence-electron chi connectivity index (χ2n) is 3.50. The molecule has 1 atom stereocenters. The van der Waals surface area contributed by atoms with Crippen LogP contribution in [0.2, 0.25) is 0 Å². The maximum Gasteiger partial charge on any atom is 0.263 e. The van der Waals surface area contributed by atoms with Crippen molar-refractivity contribution in [2.75, 3.05) is 0 Å².